The molecule has 0 spiro atoms. The normalized spacial score (nSPS) is 13.3. The summed E-state index contributed by atoms with van der Waals surface area (Å²) >= 11 is 0. The van der Waals surface area contributed by atoms with Gasteiger partial charge in [-0.15, -0.1) is 0 Å². The molecule has 0 saturated heterocycles. The van der Waals surface area contributed by atoms with E-state index in [4.69, 9.17) is 5.73 Å². The number of aromatic nitrogens is 1. The molecule has 1 atom stereocenters. The number of nitrogens with two attached hydrogens (primary N) is 1. The number of halogens is 1. The number of rotatable bonds is 3. The average Bonchev–Trinajstić information content (AvgIpc) is 2.61. The smallest absolute Gasteiger partial charge is 0.123 e. The summed E-state index contributed by atoms with van der Waals surface area (Å²) in [6, 6.07) is 4.92. The molecule has 1 heterocycles. The molecule has 80 valence electrons. The van der Waals surface area contributed by atoms with Gasteiger partial charge in [-0.05, 0) is 36.6 Å². The van der Waals surface area contributed by atoms with Crippen molar-refractivity contribution in [3.05, 3.63) is 35.8 Å². The van der Waals surface area contributed by atoms with E-state index in [1.807, 2.05) is 6.20 Å². The van der Waals surface area contributed by atoms with Crippen molar-refractivity contribution in [2.75, 3.05) is 0 Å². The first-order chi connectivity index (χ1) is 7.20. The topological polar surface area (TPSA) is 41.8 Å². The van der Waals surface area contributed by atoms with Crippen LogP contribution in [0.25, 0.3) is 10.9 Å². The fraction of sp³-hybridized carbons (Fsp3) is 0.333. The SMILES string of the molecule is CC[C@H](N)Cc1c[nH]c2ccc(F)cc12. The molecule has 2 nitrogen and oxygen atoms in total. The maximum absolute atomic E-state index is 13.1. The van der Waals surface area contributed by atoms with Crippen LogP contribution in [0.15, 0.2) is 24.4 Å². The number of H-pyrrole nitrogens is 1. The zero-order valence-corrected chi connectivity index (χ0v) is 8.76. The zero-order chi connectivity index (χ0) is 10.8. The van der Waals surface area contributed by atoms with Gasteiger partial charge in [0.1, 0.15) is 5.82 Å². The molecular weight excluding hydrogens is 191 g/mol. The predicted octanol–water partition coefficient (Wildman–Crippen LogP) is 2.59. The first-order valence-electron chi connectivity index (χ1n) is 5.21. The van der Waals surface area contributed by atoms with Crippen LogP contribution in [0.3, 0.4) is 0 Å². The van der Waals surface area contributed by atoms with Crippen LogP contribution < -0.4 is 5.73 Å². The Kier molecular flexibility index (Phi) is 2.73. The Balaban J connectivity index is 2.39. The zero-order valence-electron chi connectivity index (χ0n) is 8.76. The summed E-state index contributed by atoms with van der Waals surface area (Å²) in [6.45, 7) is 2.06. The molecule has 0 bridgehead atoms. The third-order valence-corrected chi connectivity index (χ3v) is 2.74. The minimum absolute atomic E-state index is 0.146. The molecule has 1 aromatic carbocycles. The van der Waals surface area contributed by atoms with Gasteiger partial charge in [0, 0.05) is 23.1 Å². The lowest BCUT2D eigenvalue weighted by Crippen LogP contribution is -2.21. The minimum Gasteiger partial charge on any atom is -0.361 e. The summed E-state index contributed by atoms with van der Waals surface area (Å²) in [5.74, 6) is -0.201. The van der Waals surface area contributed by atoms with Crippen molar-refractivity contribution in [2.24, 2.45) is 5.73 Å². The summed E-state index contributed by atoms with van der Waals surface area (Å²) in [7, 11) is 0. The maximum atomic E-state index is 13.1. The van der Waals surface area contributed by atoms with Gasteiger partial charge < -0.3 is 10.7 Å². The average molecular weight is 206 g/mol. The monoisotopic (exact) mass is 206 g/mol. The van der Waals surface area contributed by atoms with E-state index in [9.17, 15) is 4.39 Å². The lowest BCUT2D eigenvalue weighted by atomic mass is 10.0. The van der Waals surface area contributed by atoms with Gasteiger partial charge in [-0.1, -0.05) is 6.92 Å². The van der Waals surface area contributed by atoms with E-state index in [0.29, 0.717) is 0 Å². The Morgan fingerprint density at radius 3 is 3.00 bits per heavy atom. The molecular formula is C12H15FN2. The fourth-order valence-electron chi connectivity index (χ4n) is 1.75. The molecule has 0 unspecified atom stereocenters. The van der Waals surface area contributed by atoms with Crippen LogP contribution in [0.1, 0.15) is 18.9 Å². The second kappa shape index (κ2) is 4.03. The van der Waals surface area contributed by atoms with E-state index in [-0.39, 0.29) is 11.9 Å². The van der Waals surface area contributed by atoms with E-state index in [1.54, 1.807) is 12.1 Å². The molecule has 1 aromatic heterocycles. The van der Waals surface area contributed by atoms with Gasteiger partial charge in [-0.25, -0.2) is 4.39 Å². The Bertz CT molecular complexity index is 462. The molecule has 0 fully saturated rings. The van der Waals surface area contributed by atoms with Gasteiger partial charge in [-0.2, -0.15) is 0 Å². The van der Waals surface area contributed by atoms with Crippen LogP contribution in [0, 0.1) is 5.82 Å². The summed E-state index contributed by atoms with van der Waals surface area (Å²) in [6.07, 6.45) is 3.64. The van der Waals surface area contributed by atoms with E-state index in [1.165, 1.54) is 6.07 Å². The van der Waals surface area contributed by atoms with Crippen LogP contribution in [-0.4, -0.2) is 11.0 Å². The van der Waals surface area contributed by atoms with E-state index in [0.717, 1.165) is 29.3 Å². The number of fused-ring (bicyclic) bond motifs is 1. The second-order valence-corrected chi connectivity index (χ2v) is 3.88. The lowest BCUT2D eigenvalue weighted by molar-refractivity contribution is 0.628. The Hall–Kier alpha value is -1.35. The van der Waals surface area contributed by atoms with Gasteiger partial charge in [-0.3, -0.25) is 0 Å². The van der Waals surface area contributed by atoms with E-state index >= 15 is 0 Å². The van der Waals surface area contributed by atoms with Crippen molar-refractivity contribution in [3.8, 4) is 0 Å². The Morgan fingerprint density at radius 1 is 1.47 bits per heavy atom. The molecule has 0 amide bonds. The first-order valence-corrected chi connectivity index (χ1v) is 5.21. The standard InChI is InChI=1S/C12H15FN2/c1-2-10(14)5-8-7-15-12-4-3-9(13)6-11(8)12/h3-4,6-7,10,15H,2,5,14H2,1H3/t10-/m0/s1. The molecule has 2 aromatic rings. The molecule has 15 heavy (non-hydrogen) atoms. The lowest BCUT2D eigenvalue weighted by Gasteiger charge is -2.06. The summed E-state index contributed by atoms with van der Waals surface area (Å²) < 4.78 is 13.1. The molecule has 3 heteroatoms. The van der Waals surface area contributed by atoms with Crippen LogP contribution >= 0.6 is 0 Å². The van der Waals surface area contributed by atoms with Gasteiger partial charge in [0.2, 0.25) is 0 Å². The quantitative estimate of drug-likeness (QED) is 0.796. The van der Waals surface area contributed by atoms with Crippen LogP contribution in [-0.2, 0) is 6.42 Å². The van der Waals surface area contributed by atoms with Gasteiger partial charge in [0.25, 0.3) is 0 Å². The number of aromatic amines is 1. The second-order valence-electron chi connectivity index (χ2n) is 3.88. The molecule has 0 radical (unpaired) electrons. The van der Waals surface area contributed by atoms with Gasteiger partial charge in [0.05, 0.1) is 0 Å². The van der Waals surface area contributed by atoms with Crippen LogP contribution in [0.2, 0.25) is 0 Å². The third-order valence-electron chi connectivity index (χ3n) is 2.74. The molecule has 2 rings (SSSR count). The summed E-state index contributed by atoms with van der Waals surface area (Å²) in [5, 5.41) is 0.943. The van der Waals surface area contributed by atoms with Crippen molar-refractivity contribution in [1.82, 2.24) is 4.98 Å². The number of nitrogens with one attached hydrogen (secondary N) is 1. The van der Waals surface area contributed by atoms with Gasteiger partial charge >= 0.3 is 0 Å². The summed E-state index contributed by atoms with van der Waals surface area (Å²) in [5.41, 5.74) is 7.95. The number of hydrogen-bond donors (Lipinski definition) is 2. The van der Waals surface area contributed by atoms with Gasteiger partial charge in [0.15, 0.2) is 0 Å². The fourth-order valence-corrected chi connectivity index (χ4v) is 1.75. The van der Waals surface area contributed by atoms with Crippen molar-refractivity contribution in [1.29, 1.82) is 0 Å². The maximum Gasteiger partial charge on any atom is 0.123 e. The third kappa shape index (κ3) is 2.02. The number of benzene rings is 1. The van der Waals surface area contributed by atoms with Crippen LogP contribution in [0.4, 0.5) is 4.39 Å². The molecule has 0 saturated carbocycles. The minimum atomic E-state index is -0.201. The Labute approximate surface area is 88.3 Å². The van der Waals surface area contributed by atoms with Crippen molar-refractivity contribution < 1.29 is 4.39 Å². The predicted molar refractivity (Wildman–Crippen MR) is 60.2 cm³/mol. The largest absolute Gasteiger partial charge is 0.361 e. The highest BCUT2D eigenvalue weighted by Gasteiger charge is 2.07. The highest BCUT2D eigenvalue weighted by molar-refractivity contribution is 5.83. The summed E-state index contributed by atoms with van der Waals surface area (Å²) in [4.78, 5) is 3.12. The highest BCUT2D eigenvalue weighted by Crippen LogP contribution is 2.20. The molecule has 0 aliphatic carbocycles. The van der Waals surface area contributed by atoms with E-state index < -0.39 is 0 Å². The molecule has 3 N–H and O–H groups in total. The van der Waals surface area contributed by atoms with Crippen LogP contribution in [0.5, 0.6) is 0 Å². The van der Waals surface area contributed by atoms with Crippen molar-refractivity contribution >= 4 is 10.9 Å². The molecule has 0 aliphatic heterocycles. The van der Waals surface area contributed by atoms with Crippen molar-refractivity contribution in [3.63, 3.8) is 0 Å². The molecule has 0 aliphatic rings. The first kappa shape index (κ1) is 10.2. The highest BCUT2D eigenvalue weighted by atomic mass is 19.1. The number of hydrogen-bond acceptors (Lipinski definition) is 1. The Morgan fingerprint density at radius 2 is 2.27 bits per heavy atom. The van der Waals surface area contributed by atoms with E-state index in [2.05, 4.69) is 11.9 Å². The van der Waals surface area contributed by atoms with Crippen molar-refractivity contribution in [2.45, 2.75) is 25.8 Å².